The lowest BCUT2D eigenvalue weighted by Gasteiger charge is -2.53. The van der Waals surface area contributed by atoms with E-state index in [1.165, 1.54) is 36.8 Å². The predicted molar refractivity (Wildman–Crippen MR) is 51.0 cm³/mol. The van der Waals surface area contributed by atoms with E-state index in [0.29, 0.717) is 0 Å². The largest absolute Gasteiger partial charge is 1.00 e. The minimum atomic E-state index is 0. The standard InChI is InChI=1S/C10H21N2.HI/c1-11-7-9-5-4-6-10(8-11)12(9,2)3;/h9-10H,4-8H2,1-3H3;1H/q+1;/p-1. The van der Waals surface area contributed by atoms with Gasteiger partial charge in [0.05, 0.1) is 27.2 Å². The molecule has 0 aromatic carbocycles. The zero-order chi connectivity index (χ0) is 8.77. The highest BCUT2D eigenvalue weighted by atomic mass is 127. The van der Waals surface area contributed by atoms with Crippen molar-refractivity contribution >= 4 is 0 Å². The van der Waals surface area contributed by atoms with Crippen LogP contribution in [0.15, 0.2) is 0 Å². The second-order valence-corrected chi connectivity index (χ2v) is 5.09. The van der Waals surface area contributed by atoms with E-state index in [0.717, 1.165) is 12.1 Å². The fraction of sp³-hybridized carbons (Fsp3) is 1.00. The Kier molecular flexibility index (Phi) is 3.63. The summed E-state index contributed by atoms with van der Waals surface area (Å²) in [6.45, 7) is 2.62. The van der Waals surface area contributed by atoms with Crippen LogP contribution in [0.3, 0.4) is 0 Å². The fourth-order valence-corrected chi connectivity index (χ4v) is 2.95. The Morgan fingerprint density at radius 2 is 1.54 bits per heavy atom. The molecule has 2 heterocycles. The van der Waals surface area contributed by atoms with Crippen LogP contribution in [0.2, 0.25) is 0 Å². The molecule has 2 aliphatic heterocycles. The van der Waals surface area contributed by atoms with Crippen LogP contribution >= 0.6 is 0 Å². The van der Waals surface area contributed by atoms with Gasteiger partial charge in [0.25, 0.3) is 0 Å². The second kappa shape index (κ2) is 4.03. The van der Waals surface area contributed by atoms with Gasteiger partial charge >= 0.3 is 0 Å². The first-order valence-corrected chi connectivity index (χ1v) is 5.12. The highest BCUT2D eigenvalue weighted by molar-refractivity contribution is 4.81. The molecule has 2 rings (SSSR count). The number of piperidine rings is 1. The Bertz CT molecular complexity index is 166. The Morgan fingerprint density at radius 3 is 2.00 bits per heavy atom. The van der Waals surface area contributed by atoms with Crippen LogP contribution in [0.25, 0.3) is 0 Å². The number of nitrogens with zero attached hydrogens (tertiary/aromatic N) is 2. The average molecular weight is 296 g/mol. The minimum absolute atomic E-state index is 0. The van der Waals surface area contributed by atoms with Crippen LogP contribution in [-0.2, 0) is 0 Å². The van der Waals surface area contributed by atoms with E-state index >= 15 is 0 Å². The summed E-state index contributed by atoms with van der Waals surface area (Å²) in [5.74, 6) is 0. The Balaban J connectivity index is 0.000000845. The smallest absolute Gasteiger partial charge is 0.102 e. The summed E-state index contributed by atoms with van der Waals surface area (Å²) in [5.41, 5.74) is 0. The molecular formula is C10H21IN2. The number of fused-ring (bicyclic) bond motifs is 2. The third-order valence-electron chi connectivity index (χ3n) is 4.00. The van der Waals surface area contributed by atoms with Crippen molar-refractivity contribution < 1.29 is 28.5 Å². The SMILES string of the molecule is CN1CC2CCCC(C1)[N+]2(C)C.[I-]. The summed E-state index contributed by atoms with van der Waals surface area (Å²) in [6, 6.07) is 1.81. The highest BCUT2D eigenvalue weighted by Crippen LogP contribution is 2.31. The molecule has 3 heteroatoms. The zero-order valence-electron chi connectivity index (χ0n) is 8.96. The van der Waals surface area contributed by atoms with Gasteiger partial charge < -0.3 is 28.5 Å². The molecule has 0 aromatic heterocycles. The number of quaternary nitrogens is 1. The van der Waals surface area contributed by atoms with Crippen molar-refractivity contribution in [1.29, 1.82) is 0 Å². The molecular weight excluding hydrogens is 275 g/mol. The van der Waals surface area contributed by atoms with Crippen molar-refractivity contribution in [3.63, 3.8) is 0 Å². The third-order valence-corrected chi connectivity index (χ3v) is 4.00. The van der Waals surface area contributed by atoms with Crippen LogP contribution in [-0.4, -0.2) is 55.7 Å². The number of likely N-dealkylation sites (tertiary alicyclic amines) is 1. The van der Waals surface area contributed by atoms with Gasteiger partial charge in [0.1, 0.15) is 12.1 Å². The molecule has 0 aromatic rings. The van der Waals surface area contributed by atoms with Crippen molar-refractivity contribution in [3.05, 3.63) is 0 Å². The molecule has 13 heavy (non-hydrogen) atoms. The van der Waals surface area contributed by atoms with Crippen molar-refractivity contribution in [1.82, 2.24) is 4.90 Å². The molecule has 0 aliphatic carbocycles. The van der Waals surface area contributed by atoms with Gasteiger partial charge in [0.2, 0.25) is 0 Å². The number of halogens is 1. The van der Waals surface area contributed by atoms with Crippen LogP contribution in [0.4, 0.5) is 0 Å². The van der Waals surface area contributed by atoms with Crippen molar-refractivity contribution in [2.75, 3.05) is 34.2 Å². The highest BCUT2D eigenvalue weighted by Gasteiger charge is 2.44. The molecule has 2 saturated heterocycles. The van der Waals surface area contributed by atoms with Gasteiger partial charge in [-0.05, 0) is 13.5 Å². The van der Waals surface area contributed by atoms with E-state index in [1.54, 1.807) is 0 Å². The van der Waals surface area contributed by atoms with E-state index in [2.05, 4.69) is 26.0 Å². The molecule has 2 fully saturated rings. The summed E-state index contributed by atoms with van der Waals surface area (Å²) in [7, 11) is 7.10. The van der Waals surface area contributed by atoms with Crippen LogP contribution in [0.5, 0.6) is 0 Å². The Morgan fingerprint density at radius 1 is 1.08 bits per heavy atom. The van der Waals surface area contributed by atoms with Crippen molar-refractivity contribution in [2.45, 2.75) is 31.3 Å². The van der Waals surface area contributed by atoms with Crippen molar-refractivity contribution in [3.8, 4) is 0 Å². The van der Waals surface area contributed by atoms with E-state index in [4.69, 9.17) is 0 Å². The molecule has 0 spiro atoms. The first-order chi connectivity index (χ1) is 5.60. The maximum absolute atomic E-state index is 2.51. The van der Waals surface area contributed by atoms with Gasteiger partial charge in [-0.15, -0.1) is 0 Å². The van der Waals surface area contributed by atoms with Crippen LogP contribution < -0.4 is 24.0 Å². The predicted octanol–water partition coefficient (Wildman–Crippen LogP) is -2.07. The number of hydrogen-bond donors (Lipinski definition) is 0. The van der Waals surface area contributed by atoms with Gasteiger partial charge in [-0.25, -0.2) is 0 Å². The van der Waals surface area contributed by atoms with Gasteiger partial charge in [-0.1, -0.05) is 0 Å². The summed E-state index contributed by atoms with van der Waals surface area (Å²) < 4.78 is 1.28. The monoisotopic (exact) mass is 296 g/mol. The lowest BCUT2D eigenvalue weighted by atomic mass is 9.89. The van der Waals surface area contributed by atoms with Crippen molar-refractivity contribution in [2.24, 2.45) is 0 Å². The molecule has 78 valence electrons. The number of hydrogen-bond acceptors (Lipinski definition) is 1. The molecule has 2 bridgehead atoms. The van der Waals surface area contributed by atoms with Gasteiger partial charge in [-0.3, -0.25) is 4.90 Å². The fourth-order valence-electron chi connectivity index (χ4n) is 2.95. The Labute approximate surface area is 98.9 Å². The van der Waals surface area contributed by atoms with E-state index < -0.39 is 0 Å². The first-order valence-electron chi connectivity index (χ1n) is 5.12. The molecule has 0 amide bonds. The number of rotatable bonds is 0. The lowest BCUT2D eigenvalue weighted by molar-refractivity contribution is -0.948. The molecule has 2 atom stereocenters. The summed E-state index contributed by atoms with van der Waals surface area (Å²) >= 11 is 0. The van der Waals surface area contributed by atoms with E-state index in [-0.39, 0.29) is 24.0 Å². The topological polar surface area (TPSA) is 3.24 Å². The lowest BCUT2D eigenvalue weighted by Crippen LogP contribution is -3.00. The van der Waals surface area contributed by atoms with E-state index in [1.807, 2.05) is 0 Å². The molecule has 2 aliphatic rings. The molecule has 2 nitrogen and oxygen atoms in total. The molecule has 2 unspecified atom stereocenters. The first kappa shape index (κ1) is 11.7. The molecule has 0 saturated carbocycles. The van der Waals surface area contributed by atoms with Gasteiger partial charge in [-0.2, -0.15) is 0 Å². The quantitative estimate of drug-likeness (QED) is 0.367. The normalized spacial score (nSPS) is 38.1. The van der Waals surface area contributed by atoms with Gasteiger partial charge in [0, 0.05) is 12.8 Å². The zero-order valence-corrected chi connectivity index (χ0v) is 11.1. The van der Waals surface area contributed by atoms with Crippen LogP contribution in [0.1, 0.15) is 19.3 Å². The van der Waals surface area contributed by atoms with Crippen LogP contribution in [0, 0.1) is 0 Å². The Hall–Kier alpha value is 0.650. The number of piperazine rings is 1. The van der Waals surface area contributed by atoms with E-state index in [9.17, 15) is 0 Å². The minimum Gasteiger partial charge on any atom is -1.00 e. The maximum atomic E-state index is 2.51. The second-order valence-electron chi connectivity index (χ2n) is 5.09. The molecule has 0 N–H and O–H groups in total. The summed E-state index contributed by atoms with van der Waals surface area (Å²) in [4.78, 5) is 2.51. The summed E-state index contributed by atoms with van der Waals surface area (Å²) in [5, 5.41) is 0. The molecule has 0 radical (unpaired) electrons. The summed E-state index contributed by atoms with van der Waals surface area (Å²) in [6.07, 6.45) is 4.34. The average Bonchev–Trinajstić information content (AvgIpc) is 1.92. The number of likely N-dealkylation sites (N-methyl/N-ethyl adjacent to an activating group) is 2. The van der Waals surface area contributed by atoms with Gasteiger partial charge in [0.15, 0.2) is 0 Å². The third kappa shape index (κ3) is 2.02. The maximum Gasteiger partial charge on any atom is 0.102 e.